The second-order valence-corrected chi connectivity index (χ2v) is 4.32. The molecule has 0 bridgehead atoms. The summed E-state index contributed by atoms with van der Waals surface area (Å²) in [6, 6.07) is 6.51. The molecule has 0 unspecified atom stereocenters. The molecule has 12 heavy (non-hydrogen) atoms. The molecule has 0 aliphatic heterocycles. The van der Waals surface area contributed by atoms with Crippen LogP contribution in [-0.2, 0) is 0 Å². The Bertz CT molecular complexity index is 258. The molecule has 0 heterocycles. The van der Waals surface area contributed by atoms with E-state index in [1.807, 2.05) is 11.8 Å². The van der Waals surface area contributed by atoms with Gasteiger partial charge in [0.05, 0.1) is 0 Å². The number of thioether (sulfide) groups is 1. The second-order valence-electron chi connectivity index (χ2n) is 2.81. The van der Waals surface area contributed by atoms with Crippen molar-refractivity contribution >= 4 is 23.4 Å². The van der Waals surface area contributed by atoms with Crippen LogP contribution in [0.3, 0.4) is 0 Å². The molecule has 0 N–H and O–H groups in total. The van der Waals surface area contributed by atoms with E-state index in [0.29, 0.717) is 0 Å². The lowest BCUT2D eigenvalue weighted by molar-refractivity contribution is 1.26. The summed E-state index contributed by atoms with van der Waals surface area (Å²) < 4.78 is 0. The molecule has 0 aliphatic carbocycles. The van der Waals surface area contributed by atoms with Crippen LogP contribution in [0.5, 0.6) is 0 Å². The van der Waals surface area contributed by atoms with Gasteiger partial charge >= 0.3 is 0 Å². The Hall–Kier alpha value is -0.140. The lowest BCUT2D eigenvalue weighted by Crippen LogP contribution is -1.84. The van der Waals surface area contributed by atoms with Crippen LogP contribution in [-0.4, -0.2) is 11.6 Å². The van der Waals surface area contributed by atoms with E-state index in [4.69, 9.17) is 11.6 Å². The zero-order chi connectivity index (χ0) is 8.97. The van der Waals surface area contributed by atoms with Gasteiger partial charge in [0.15, 0.2) is 0 Å². The van der Waals surface area contributed by atoms with Crippen LogP contribution in [0.2, 0.25) is 0 Å². The van der Waals surface area contributed by atoms with Crippen LogP contribution in [0.1, 0.15) is 11.1 Å². The molecular formula is C10H13ClS. The van der Waals surface area contributed by atoms with Gasteiger partial charge in [0.1, 0.15) is 0 Å². The number of hydrogen-bond acceptors (Lipinski definition) is 1. The van der Waals surface area contributed by atoms with Gasteiger partial charge < -0.3 is 0 Å². The largest absolute Gasteiger partial charge is 0.126 e. The van der Waals surface area contributed by atoms with Gasteiger partial charge in [-0.25, -0.2) is 0 Å². The Morgan fingerprint density at radius 3 is 2.75 bits per heavy atom. The topological polar surface area (TPSA) is 0 Å². The molecule has 0 saturated carbocycles. The van der Waals surface area contributed by atoms with Crippen LogP contribution in [0, 0.1) is 13.8 Å². The van der Waals surface area contributed by atoms with E-state index in [0.717, 1.165) is 11.6 Å². The maximum Gasteiger partial charge on any atom is 0.0317 e. The van der Waals surface area contributed by atoms with Gasteiger partial charge in [0, 0.05) is 16.5 Å². The monoisotopic (exact) mass is 200 g/mol. The van der Waals surface area contributed by atoms with Gasteiger partial charge in [-0.2, -0.15) is 0 Å². The van der Waals surface area contributed by atoms with Crippen molar-refractivity contribution in [1.82, 2.24) is 0 Å². The number of rotatable bonds is 3. The number of benzene rings is 1. The Balaban J connectivity index is 2.75. The zero-order valence-electron chi connectivity index (χ0n) is 7.43. The summed E-state index contributed by atoms with van der Waals surface area (Å²) >= 11 is 7.45. The van der Waals surface area contributed by atoms with Crippen LogP contribution in [0.4, 0.5) is 0 Å². The molecule has 0 amide bonds. The fourth-order valence-electron chi connectivity index (χ4n) is 1.01. The first-order valence-electron chi connectivity index (χ1n) is 4.00. The highest BCUT2D eigenvalue weighted by molar-refractivity contribution is 7.99. The van der Waals surface area contributed by atoms with E-state index in [9.17, 15) is 0 Å². The van der Waals surface area contributed by atoms with Crippen LogP contribution in [0.15, 0.2) is 23.1 Å². The van der Waals surface area contributed by atoms with Crippen LogP contribution < -0.4 is 0 Å². The van der Waals surface area contributed by atoms with Gasteiger partial charge in [0.2, 0.25) is 0 Å². The van der Waals surface area contributed by atoms with Crippen molar-refractivity contribution in [1.29, 1.82) is 0 Å². The maximum absolute atomic E-state index is 5.62. The number of halogens is 1. The van der Waals surface area contributed by atoms with Crippen molar-refractivity contribution in [3.63, 3.8) is 0 Å². The minimum Gasteiger partial charge on any atom is -0.126 e. The summed E-state index contributed by atoms with van der Waals surface area (Å²) in [6.45, 7) is 4.25. The molecule has 0 atom stereocenters. The quantitative estimate of drug-likeness (QED) is 0.531. The summed E-state index contributed by atoms with van der Waals surface area (Å²) in [5.41, 5.74) is 2.66. The van der Waals surface area contributed by atoms with Crippen LogP contribution >= 0.6 is 23.4 Å². The van der Waals surface area contributed by atoms with Gasteiger partial charge in [0.25, 0.3) is 0 Å². The lowest BCUT2D eigenvalue weighted by atomic mass is 10.2. The molecule has 0 fully saturated rings. The summed E-state index contributed by atoms with van der Waals surface area (Å²) in [5.74, 6) is 1.71. The standard InChI is InChI=1S/C10H13ClS/c1-8-3-4-9(2)10(7-8)12-6-5-11/h3-4,7H,5-6H2,1-2H3. The highest BCUT2D eigenvalue weighted by Crippen LogP contribution is 2.23. The lowest BCUT2D eigenvalue weighted by Gasteiger charge is -2.04. The first-order valence-corrected chi connectivity index (χ1v) is 5.52. The molecule has 0 aromatic heterocycles. The smallest absolute Gasteiger partial charge is 0.0317 e. The zero-order valence-corrected chi connectivity index (χ0v) is 9.00. The molecular weight excluding hydrogens is 188 g/mol. The molecule has 0 saturated heterocycles. The maximum atomic E-state index is 5.62. The molecule has 0 radical (unpaired) electrons. The normalized spacial score (nSPS) is 10.2. The molecule has 66 valence electrons. The summed E-state index contributed by atoms with van der Waals surface area (Å²) in [5, 5.41) is 0. The van der Waals surface area contributed by atoms with Crippen molar-refractivity contribution < 1.29 is 0 Å². The molecule has 1 rings (SSSR count). The summed E-state index contributed by atoms with van der Waals surface area (Å²) in [4.78, 5) is 1.36. The highest BCUT2D eigenvalue weighted by Gasteiger charge is 1.97. The van der Waals surface area contributed by atoms with E-state index < -0.39 is 0 Å². The molecule has 1 aromatic carbocycles. The minimum atomic E-state index is 0.720. The van der Waals surface area contributed by atoms with Crippen molar-refractivity contribution in [2.45, 2.75) is 18.7 Å². The molecule has 2 heteroatoms. The Kier molecular flexibility index (Phi) is 3.96. The average molecular weight is 201 g/mol. The van der Waals surface area contributed by atoms with Crippen molar-refractivity contribution in [3.8, 4) is 0 Å². The SMILES string of the molecule is Cc1ccc(C)c(SCCCl)c1. The third-order valence-electron chi connectivity index (χ3n) is 1.68. The number of aryl methyl sites for hydroxylation is 2. The van der Waals surface area contributed by atoms with E-state index >= 15 is 0 Å². The molecule has 0 nitrogen and oxygen atoms in total. The van der Waals surface area contributed by atoms with E-state index in [1.165, 1.54) is 16.0 Å². The van der Waals surface area contributed by atoms with E-state index in [2.05, 4.69) is 32.0 Å². The van der Waals surface area contributed by atoms with E-state index in [1.54, 1.807) is 0 Å². The molecule has 0 spiro atoms. The van der Waals surface area contributed by atoms with E-state index in [-0.39, 0.29) is 0 Å². The average Bonchev–Trinajstić information content (AvgIpc) is 2.07. The van der Waals surface area contributed by atoms with Crippen LogP contribution in [0.25, 0.3) is 0 Å². The fourth-order valence-corrected chi connectivity index (χ4v) is 2.10. The van der Waals surface area contributed by atoms with Crippen molar-refractivity contribution in [2.75, 3.05) is 11.6 Å². The van der Waals surface area contributed by atoms with Gasteiger partial charge in [-0.05, 0) is 25.5 Å². The Labute approximate surface area is 83.3 Å². The third kappa shape index (κ3) is 2.72. The Morgan fingerprint density at radius 2 is 2.08 bits per heavy atom. The predicted molar refractivity (Wildman–Crippen MR) is 57.4 cm³/mol. The van der Waals surface area contributed by atoms with Crippen molar-refractivity contribution in [2.24, 2.45) is 0 Å². The highest BCUT2D eigenvalue weighted by atomic mass is 35.5. The third-order valence-corrected chi connectivity index (χ3v) is 3.25. The molecule has 1 aromatic rings. The number of alkyl halides is 1. The van der Waals surface area contributed by atoms with Gasteiger partial charge in [-0.3, -0.25) is 0 Å². The second kappa shape index (κ2) is 4.78. The summed E-state index contributed by atoms with van der Waals surface area (Å²) in [6.07, 6.45) is 0. The number of hydrogen-bond donors (Lipinski definition) is 0. The first kappa shape index (κ1) is 9.94. The van der Waals surface area contributed by atoms with Gasteiger partial charge in [-0.15, -0.1) is 23.4 Å². The first-order chi connectivity index (χ1) is 5.74. The Morgan fingerprint density at radius 1 is 1.33 bits per heavy atom. The minimum absolute atomic E-state index is 0.720. The summed E-state index contributed by atoms with van der Waals surface area (Å²) in [7, 11) is 0. The van der Waals surface area contributed by atoms with Crippen molar-refractivity contribution in [3.05, 3.63) is 29.3 Å². The fraction of sp³-hybridized carbons (Fsp3) is 0.400. The predicted octanol–water partition coefficient (Wildman–Crippen LogP) is 3.63. The van der Waals surface area contributed by atoms with Gasteiger partial charge in [-0.1, -0.05) is 17.7 Å². The molecule has 0 aliphatic rings.